The third kappa shape index (κ3) is 3.18. The van der Waals surface area contributed by atoms with Gasteiger partial charge in [0.05, 0.1) is 11.0 Å². The summed E-state index contributed by atoms with van der Waals surface area (Å²) >= 11 is 0. The number of rotatable bonds is 4. The number of nitro benzene ring substituents is 1. The lowest BCUT2D eigenvalue weighted by atomic mass is 10.1. The van der Waals surface area contributed by atoms with E-state index < -0.39 is 11.0 Å². The third-order valence-corrected chi connectivity index (χ3v) is 1.98. The first-order chi connectivity index (χ1) is 7.15. The van der Waals surface area contributed by atoms with Crippen molar-refractivity contribution in [3.8, 4) is 0 Å². The molecule has 1 aromatic rings. The SMILES string of the molecule is CC/C=C/C(O)c1cccc([N+](=O)[O-])c1. The van der Waals surface area contributed by atoms with Crippen molar-refractivity contribution in [1.82, 2.24) is 0 Å². The van der Waals surface area contributed by atoms with Crippen LogP contribution in [-0.2, 0) is 0 Å². The van der Waals surface area contributed by atoms with Gasteiger partial charge in [-0.3, -0.25) is 10.1 Å². The Bertz CT molecular complexity index is 374. The van der Waals surface area contributed by atoms with E-state index in [1.54, 1.807) is 18.2 Å². The van der Waals surface area contributed by atoms with Crippen molar-refractivity contribution in [3.63, 3.8) is 0 Å². The molecule has 0 saturated carbocycles. The first-order valence-electron chi connectivity index (χ1n) is 4.74. The lowest BCUT2D eigenvalue weighted by Crippen LogP contribution is -1.95. The van der Waals surface area contributed by atoms with Gasteiger partial charge in [0.15, 0.2) is 0 Å². The van der Waals surface area contributed by atoms with Crippen LogP contribution in [0.25, 0.3) is 0 Å². The molecule has 4 heteroatoms. The largest absolute Gasteiger partial charge is 0.384 e. The quantitative estimate of drug-likeness (QED) is 0.469. The highest BCUT2D eigenvalue weighted by molar-refractivity contribution is 5.36. The summed E-state index contributed by atoms with van der Waals surface area (Å²) in [6.45, 7) is 1.96. The van der Waals surface area contributed by atoms with E-state index in [0.717, 1.165) is 6.42 Å². The molecule has 0 amide bonds. The highest BCUT2D eigenvalue weighted by atomic mass is 16.6. The van der Waals surface area contributed by atoms with Crippen LogP contribution in [0.2, 0.25) is 0 Å². The Morgan fingerprint density at radius 2 is 2.33 bits per heavy atom. The van der Waals surface area contributed by atoms with Gasteiger partial charge in [-0.15, -0.1) is 0 Å². The van der Waals surface area contributed by atoms with Crippen molar-refractivity contribution in [2.45, 2.75) is 19.4 Å². The zero-order chi connectivity index (χ0) is 11.3. The standard InChI is InChI=1S/C11H13NO3/c1-2-3-7-11(13)9-5-4-6-10(8-9)12(14)15/h3-8,11,13H,2H2,1H3/b7-3+. The van der Waals surface area contributed by atoms with Crippen molar-refractivity contribution < 1.29 is 10.0 Å². The van der Waals surface area contributed by atoms with Crippen molar-refractivity contribution in [3.05, 3.63) is 52.1 Å². The second-order valence-corrected chi connectivity index (χ2v) is 3.13. The van der Waals surface area contributed by atoms with Gasteiger partial charge in [0, 0.05) is 12.1 Å². The normalized spacial score (nSPS) is 12.9. The maximum Gasteiger partial charge on any atom is 0.269 e. The van der Waals surface area contributed by atoms with E-state index in [1.165, 1.54) is 12.1 Å². The Balaban J connectivity index is 2.90. The van der Waals surface area contributed by atoms with E-state index in [0.29, 0.717) is 5.56 Å². The number of allylic oxidation sites excluding steroid dienone is 1. The van der Waals surface area contributed by atoms with Gasteiger partial charge in [-0.25, -0.2) is 0 Å². The molecule has 1 rings (SSSR count). The molecular weight excluding hydrogens is 194 g/mol. The number of hydrogen-bond acceptors (Lipinski definition) is 3. The molecule has 15 heavy (non-hydrogen) atoms. The molecule has 1 atom stereocenters. The van der Waals surface area contributed by atoms with E-state index in [2.05, 4.69) is 0 Å². The van der Waals surface area contributed by atoms with Crippen LogP contribution in [0.15, 0.2) is 36.4 Å². The van der Waals surface area contributed by atoms with Gasteiger partial charge in [0.2, 0.25) is 0 Å². The van der Waals surface area contributed by atoms with Crippen LogP contribution in [0.3, 0.4) is 0 Å². The Labute approximate surface area is 88.0 Å². The summed E-state index contributed by atoms with van der Waals surface area (Å²) in [5.74, 6) is 0. The summed E-state index contributed by atoms with van der Waals surface area (Å²) in [5, 5.41) is 20.1. The smallest absolute Gasteiger partial charge is 0.269 e. The molecule has 0 saturated heterocycles. The topological polar surface area (TPSA) is 63.4 Å². The van der Waals surface area contributed by atoms with Crippen molar-refractivity contribution in [2.24, 2.45) is 0 Å². The fourth-order valence-electron chi connectivity index (χ4n) is 1.20. The number of nitro groups is 1. The van der Waals surface area contributed by atoms with E-state index in [1.807, 2.05) is 13.0 Å². The number of aliphatic hydroxyl groups excluding tert-OH is 1. The van der Waals surface area contributed by atoms with Gasteiger partial charge in [0.1, 0.15) is 0 Å². The summed E-state index contributed by atoms with van der Waals surface area (Å²) in [4.78, 5) is 10.0. The first kappa shape index (κ1) is 11.4. The Kier molecular flexibility index (Phi) is 4.00. The molecular formula is C11H13NO3. The van der Waals surface area contributed by atoms with Gasteiger partial charge in [-0.1, -0.05) is 31.2 Å². The van der Waals surface area contributed by atoms with E-state index in [4.69, 9.17) is 0 Å². The monoisotopic (exact) mass is 207 g/mol. The predicted octanol–water partition coefficient (Wildman–Crippen LogP) is 2.59. The van der Waals surface area contributed by atoms with Gasteiger partial charge in [-0.2, -0.15) is 0 Å². The molecule has 1 N–H and O–H groups in total. The molecule has 0 radical (unpaired) electrons. The molecule has 0 spiro atoms. The van der Waals surface area contributed by atoms with E-state index in [-0.39, 0.29) is 5.69 Å². The first-order valence-corrected chi connectivity index (χ1v) is 4.74. The molecule has 0 aliphatic carbocycles. The molecule has 0 heterocycles. The summed E-state index contributed by atoms with van der Waals surface area (Å²) in [5.41, 5.74) is 0.533. The Morgan fingerprint density at radius 1 is 1.60 bits per heavy atom. The Morgan fingerprint density at radius 3 is 2.93 bits per heavy atom. The predicted molar refractivity (Wildman–Crippen MR) is 57.5 cm³/mol. The van der Waals surface area contributed by atoms with Crippen molar-refractivity contribution in [2.75, 3.05) is 0 Å². The number of benzene rings is 1. The fraction of sp³-hybridized carbons (Fsp3) is 0.273. The van der Waals surface area contributed by atoms with Crippen LogP contribution in [0.1, 0.15) is 25.0 Å². The maximum absolute atomic E-state index is 10.5. The molecule has 0 fully saturated rings. The highest BCUT2D eigenvalue weighted by Crippen LogP contribution is 2.19. The summed E-state index contributed by atoms with van der Waals surface area (Å²) < 4.78 is 0. The molecule has 0 bridgehead atoms. The molecule has 1 unspecified atom stereocenters. The zero-order valence-electron chi connectivity index (χ0n) is 8.46. The Hall–Kier alpha value is -1.68. The number of nitrogens with zero attached hydrogens (tertiary/aromatic N) is 1. The molecule has 0 aliphatic heterocycles. The average molecular weight is 207 g/mol. The summed E-state index contributed by atoms with van der Waals surface area (Å²) in [7, 11) is 0. The van der Waals surface area contributed by atoms with Crippen LogP contribution in [0.5, 0.6) is 0 Å². The highest BCUT2D eigenvalue weighted by Gasteiger charge is 2.09. The summed E-state index contributed by atoms with van der Waals surface area (Å²) in [6, 6.07) is 6.01. The fourth-order valence-corrected chi connectivity index (χ4v) is 1.20. The van der Waals surface area contributed by atoms with E-state index >= 15 is 0 Å². The van der Waals surface area contributed by atoms with Gasteiger partial charge in [0.25, 0.3) is 5.69 Å². The molecule has 1 aromatic carbocycles. The van der Waals surface area contributed by atoms with Crippen LogP contribution < -0.4 is 0 Å². The van der Waals surface area contributed by atoms with Crippen LogP contribution >= 0.6 is 0 Å². The van der Waals surface area contributed by atoms with Crippen LogP contribution in [0.4, 0.5) is 5.69 Å². The molecule has 4 nitrogen and oxygen atoms in total. The minimum absolute atomic E-state index is 0.00329. The van der Waals surface area contributed by atoms with Crippen LogP contribution in [0, 0.1) is 10.1 Å². The minimum Gasteiger partial charge on any atom is -0.384 e. The third-order valence-electron chi connectivity index (χ3n) is 1.98. The van der Waals surface area contributed by atoms with Gasteiger partial charge in [-0.05, 0) is 12.0 Å². The number of aliphatic hydroxyl groups is 1. The lowest BCUT2D eigenvalue weighted by Gasteiger charge is -2.04. The molecule has 0 aliphatic rings. The number of hydrogen-bond donors (Lipinski definition) is 1. The lowest BCUT2D eigenvalue weighted by molar-refractivity contribution is -0.385. The molecule has 80 valence electrons. The van der Waals surface area contributed by atoms with E-state index in [9.17, 15) is 15.2 Å². The molecule has 0 aromatic heterocycles. The second-order valence-electron chi connectivity index (χ2n) is 3.13. The minimum atomic E-state index is -0.773. The second kappa shape index (κ2) is 5.26. The van der Waals surface area contributed by atoms with Gasteiger partial charge < -0.3 is 5.11 Å². The number of non-ortho nitro benzene ring substituents is 1. The maximum atomic E-state index is 10.5. The van der Waals surface area contributed by atoms with Crippen molar-refractivity contribution >= 4 is 5.69 Å². The zero-order valence-corrected chi connectivity index (χ0v) is 8.46. The van der Waals surface area contributed by atoms with Crippen LogP contribution in [-0.4, -0.2) is 10.0 Å². The van der Waals surface area contributed by atoms with Crippen molar-refractivity contribution in [1.29, 1.82) is 0 Å². The average Bonchev–Trinajstić information content (AvgIpc) is 2.26. The van der Waals surface area contributed by atoms with Gasteiger partial charge >= 0.3 is 0 Å². The summed E-state index contributed by atoms with van der Waals surface area (Å²) in [6.07, 6.45) is 3.50.